The number of hydrogen-bond acceptors (Lipinski definition) is 3. The number of halogens is 1. The van der Waals surface area contributed by atoms with Gasteiger partial charge in [0.25, 0.3) is 0 Å². The van der Waals surface area contributed by atoms with Crippen LogP contribution in [0.3, 0.4) is 0 Å². The molecule has 0 unspecified atom stereocenters. The Kier molecular flexibility index (Phi) is 9.19. The maximum Gasteiger partial charge on any atom is 0.188 e. The van der Waals surface area contributed by atoms with E-state index in [9.17, 15) is 9.18 Å². The van der Waals surface area contributed by atoms with Gasteiger partial charge in [-0.25, -0.2) is 4.39 Å². The molecule has 0 atom stereocenters. The lowest BCUT2D eigenvalue weighted by Gasteiger charge is -2.10. The zero-order valence-corrected chi connectivity index (χ0v) is 15.2. The molecular formula is C21H26FNO2. The van der Waals surface area contributed by atoms with Crippen molar-refractivity contribution >= 4 is 5.78 Å². The van der Waals surface area contributed by atoms with E-state index in [1.165, 1.54) is 18.2 Å². The second-order valence-corrected chi connectivity index (χ2v) is 5.90. The molecule has 1 rings (SSSR count). The van der Waals surface area contributed by atoms with Crippen LogP contribution in [0.5, 0.6) is 5.75 Å². The van der Waals surface area contributed by atoms with E-state index in [4.69, 9.17) is 4.74 Å². The Morgan fingerprint density at radius 3 is 2.68 bits per heavy atom. The van der Waals surface area contributed by atoms with Gasteiger partial charge >= 0.3 is 0 Å². The topological polar surface area (TPSA) is 29.5 Å². The lowest BCUT2D eigenvalue weighted by molar-refractivity contribution is 0.104. The number of carbonyl (C=O) groups is 1. The largest absolute Gasteiger partial charge is 0.489 e. The van der Waals surface area contributed by atoms with Crippen molar-refractivity contribution in [2.75, 3.05) is 26.7 Å². The predicted octanol–water partition coefficient (Wildman–Crippen LogP) is 4.58. The molecule has 0 heterocycles. The van der Waals surface area contributed by atoms with Crippen molar-refractivity contribution in [1.82, 2.24) is 4.90 Å². The van der Waals surface area contributed by atoms with Crippen molar-refractivity contribution in [3.8, 4) is 5.75 Å². The highest BCUT2D eigenvalue weighted by molar-refractivity contribution is 6.04. The number of allylic oxidation sites excluding steroid dienone is 4. The van der Waals surface area contributed by atoms with Crippen LogP contribution >= 0.6 is 0 Å². The number of ketones is 1. The maximum atomic E-state index is 14.1. The number of benzene rings is 1. The van der Waals surface area contributed by atoms with Crippen LogP contribution in [0, 0.1) is 5.82 Å². The highest BCUT2D eigenvalue weighted by atomic mass is 19.1. The predicted molar refractivity (Wildman–Crippen MR) is 102 cm³/mol. The molecule has 0 aliphatic rings. The Hall–Kier alpha value is -2.46. The Balaban J connectivity index is 2.56. The van der Waals surface area contributed by atoms with Gasteiger partial charge in [0.05, 0.1) is 5.56 Å². The van der Waals surface area contributed by atoms with E-state index >= 15 is 0 Å². The first-order chi connectivity index (χ1) is 11.9. The zero-order valence-electron chi connectivity index (χ0n) is 15.2. The number of rotatable bonds is 10. The molecular weight excluding hydrogens is 317 g/mol. The summed E-state index contributed by atoms with van der Waals surface area (Å²) in [6.07, 6.45) is 10.5. The molecule has 1 aromatic carbocycles. The summed E-state index contributed by atoms with van der Waals surface area (Å²) in [6, 6.07) is 4.28. The van der Waals surface area contributed by atoms with Gasteiger partial charge in [-0.05, 0) is 39.1 Å². The summed E-state index contributed by atoms with van der Waals surface area (Å²) in [4.78, 5) is 14.0. The first-order valence-corrected chi connectivity index (χ1v) is 8.16. The first kappa shape index (κ1) is 20.6. The van der Waals surface area contributed by atoms with Crippen molar-refractivity contribution in [2.24, 2.45) is 0 Å². The average molecular weight is 343 g/mol. The number of nitrogens with zero attached hydrogens (tertiary/aromatic N) is 1. The third-order valence-electron chi connectivity index (χ3n) is 3.25. The Morgan fingerprint density at radius 1 is 1.28 bits per heavy atom. The van der Waals surface area contributed by atoms with Crippen molar-refractivity contribution in [3.63, 3.8) is 0 Å². The fraction of sp³-hybridized carbons (Fsp3) is 0.286. The Bertz CT molecular complexity index is 670. The molecule has 0 aliphatic carbocycles. The second-order valence-electron chi connectivity index (χ2n) is 5.90. The van der Waals surface area contributed by atoms with Gasteiger partial charge in [-0.15, -0.1) is 6.58 Å². The molecule has 3 nitrogen and oxygen atoms in total. The second kappa shape index (κ2) is 11.2. The van der Waals surface area contributed by atoms with Gasteiger partial charge in [-0.3, -0.25) is 9.69 Å². The molecule has 0 aliphatic heterocycles. The molecule has 134 valence electrons. The number of likely N-dealkylation sites (N-methyl/N-ethyl adjacent to an activating group) is 1. The molecule has 0 amide bonds. The lowest BCUT2D eigenvalue weighted by atomic mass is 10.1. The SMILES string of the molecule is C=CCN(C)C/C=C/COc1ccc(C(=O)/C=C/C=C(C)C)c(F)c1. The Labute approximate surface area is 149 Å². The van der Waals surface area contributed by atoms with Crippen LogP contribution < -0.4 is 4.74 Å². The fourth-order valence-electron chi connectivity index (χ4n) is 1.96. The normalized spacial score (nSPS) is 11.2. The average Bonchev–Trinajstić information content (AvgIpc) is 2.54. The highest BCUT2D eigenvalue weighted by Crippen LogP contribution is 2.17. The first-order valence-electron chi connectivity index (χ1n) is 8.16. The molecule has 25 heavy (non-hydrogen) atoms. The van der Waals surface area contributed by atoms with Crippen molar-refractivity contribution in [1.29, 1.82) is 0 Å². The van der Waals surface area contributed by atoms with E-state index in [1.54, 1.807) is 18.2 Å². The summed E-state index contributed by atoms with van der Waals surface area (Å²) >= 11 is 0. The summed E-state index contributed by atoms with van der Waals surface area (Å²) in [5, 5.41) is 0. The lowest BCUT2D eigenvalue weighted by Crippen LogP contribution is -2.17. The summed E-state index contributed by atoms with van der Waals surface area (Å²) in [5.41, 5.74) is 1.10. The molecule has 0 saturated carbocycles. The Morgan fingerprint density at radius 2 is 2.04 bits per heavy atom. The summed E-state index contributed by atoms with van der Waals surface area (Å²) < 4.78 is 19.5. The maximum absolute atomic E-state index is 14.1. The van der Waals surface area contributed by atoms with Gasteiger partial charge in [-0.2, -0.15) is 0 Å². The van der Waals surface area contributed by atoms with Crippen molar-refractivity contribution in [2.45, 2.75) is 13.8 Å². The number of ether oxygens (including phenoxy) is 1. The van der Waals surface area contributed by atoms with E-state index in [-0.39, 0.29) is 11.3 Å². The van der Waals surface area contributed by atoms with E-state index < -0.39 is 5.82 Å². The molecule has 0 spiro atoms. The van der Waals surface area contributed by atoms with E-state index in [2.05, 4.69) is 11.5 Å². The van der Waals surface area contributed by atoms with Gasteiger partial charge in [0.1, 0.15) is 18.2 Å². The quantitative estimate of drug-likeness (QED) is 0.269. The van der Waals surface area contributed by atoms with Gasteiger partial charge in [0.2, 0.25) is 0 Å². The molecule has 0 bridgehead atoms. The monoisotopic (exact) mass is 343 g/mol. The standard InChI is InChI=1S/C21H26FNO2/c1-5-13-23(4)14-6-7-15-25-18-11-12-19(20(22)16-18)21(24)10-8-9-17(2)3/h5-12,16H,1,13-15H2,2-4H3/b7-6+,10-8+. The summed E-state index contributed by atoms with van der Waals surface area (Å²) in [6.45, 7) is 9.47. The van der Waals surface area contributed by atoms with E-state index in [0.717, 1.165) is 18.7 Å². The molecule has 1 aromatic rings. The van der Waals surface area contributed by atoms with Crippen LogP contribution in [-0.2, 0) is 0 Å². The van der Waals surface area contributed by atoms with E-state index in [0.29, 0.717) is 12.4 Å². The number of carbonyl (C=O) groups excluding carboxylic acids is 1. The van der Waals surface area contributed by atoms with Crippen LogP contribution in [0.15, 0.2) is 66.8 Å². The van der Waals surface area contributed by atoms with Crippen LogP contribution in [0.25, 0.3) is 0 Å². The third kappa shape index (κ3) is 8.27. The molecule has 0 N–H and O–H groups in total. The minimum atomic E-state index is -0.584. The third-order valence-corrected chi connectivity index (χ3v) is 3.25. The molecule has 0 saturated heterocycles. The van der Waals surface area contributed by atoms with Crippen LogP contribution in [0.2, 0.25) is 0 Å². The van der Waals surface area contributed by atoms with Gasteiger partial charge < -0.3 is 4.74 Å². The molecule has 4 heteroatoms. The van der Waals surface area contributed by atoms with Crippen LogP contribution in [0.4, 0.5) is 4.39 Å². The molecule has 0 aromatic heterocycles. The summed E-state index contributed by atoms with van der Waals surface area (Å²) in [5.74, 6) is -0.558. The molecule has 0 radical (unpaired) electrons. The van der Waals surface area contributed by atoms with E-state index in [1.807, 2.05) is 39.1 Å². The van der Waals surface area contributed by atoms with Crippen LogP contribution in [-0.4, -0.2) is 37.4 Å². The highest BCUT2D eigenvalue weighted by Gasteiger charge is 2.09. The summed E-state index contributed by atoms with van der Waals surface area (Å²) in [7, 11) is 1.99. The van der Waals surface area contributed by atoms with Crippen molar-refractivity contribution < 1.29 is 13.9 Å². The van der Waals surface area contributed by atoms with Gasteiger partial charge in [0, 0.05) is 19.2 Å². The van der Waals surface area contributed by atoms with Gasteiger partial charge in [0.15, 0.2) is 5.78 Å². The fourth-order valence-corrected chi connectivity index (χ4v) is 1.96. The van der Waals surface area contributed by atoms with Crippen molar-refractivity contribution in [3.05, 3.63) is 78.2 Å². The van der Waals surface area contributed by atoms with Gasteiger partial charge in [-0.1, -0.05) is 36.0 Å². The van der Waals surface area contributed by atoms with Crippen LogP contribution in [0.1, 0.15) is 24.2 Å². The minimum absolute atomic E-state index is 0.0346. The smallest absolute Gasteiger partial charge is 0.188 e. The minimum Gasteiger partial charge on any atom is -0.489 e. The zero-order chi connectivity index (χ0) is 18.7. The number of hydrogen-bond donors (Lipinski definition) is 0. The molecule has 0 fully saturated rings.